The molecule has 1 aromatic heterocycles. The van der Waals surface area contributed by atoms with Gasteiger partial charge in [-0.15, -0.1) is 11.3 Å². The number of aryl methyl sites for hydroxylation is 1. The molecule has 25 heavy (non-hydrogen) atoms. The molecule has 0 spiro atoms. The Morgan fingerprint density at radius 2 is 1.84 bits per heavy atom. The number of hydrogen-bond acceptors (Lipinski definition) is 3. The minimum absolute atomic E-state index is 0.220. The molecule has 0 bridgehead atoms. The summed E-state index contributed by atoms with van der Waals surface area (Å²) in [5.41, 5.74) is 3.27. The summed E-state index contributed by atoms with van der Waals surface area (Å²) in [5.74, 6) is -0.702. The second-order valence-electron chi connectivity index (χ2n) is 5.59. The van der Waals surface area contributed by atoms with Crippen molar-refractivity contribution in [2.45, 2.75) is 13.5 Å². The van der Waals surface area contributed by atoms with Crippen molar-refractivity contribution in [3.05, 3.63) is 93.4 Å². The third kappa shape index (κ3) is 4.43. The van der Waals surface area contributed by atoms with Gasteiger partial charge in [-0.05, 0) is 53.3 Å². The van der Waals surface area contributed by atoms with Crippen LogP contribution in [0.15, 0.2) is 66.0 Å². The van der Waals surface area contributed by atoms with Crippen LogP contribution in [0.3, 0.4) is 0 Å². The Balaban J connectivity index is 1.83. The van der Waals surface area contributed by atoms with Gasteiger partial charge in [0.15, 0.2) is 0 Å². The molecule has 1 heterocycles. The molecular formula is C21H17FO2S. The molecule has 2 aromatic carbocycles. The molecule has 3 rings (SSSR count). The van der Waals surface area contributed by atoms with E-state index in [-0.39, 0.29) is 12.4 Å². The number of thiophene rings is 1. The van der Waals surface area contributed by atoms with Crippen LogP contribution in [0.1, 0.15) is 21.6 Å². The third-order valence-corrected chi connectivity index (χ3v) is 4.71. The van der Waals surface area contributed by atoms with Gasteiger partial charge in [-0.3, -0.25) is 0 Å². The Morgan fingerprint density at radius 3 is 2.52 bits per heavy atom. The molecule has 0 unspecified atom stereocenters. The van der Waals surface area contributed by atoms with Crippen molar-refractivity contribution in [2.24, 2.45) is 0 Å². The van der Waals surface area contributed by atoms with Crippen LogP contribution in [0.4, 0.5) is 4.39 Å². The average Bonchev–Trinajstić information content (AvgIpc) is 3.14. The number of ether oxygens (including phenoxy) is 1. The van der Waals surface area contributed by atoms with E-state index in [9.17, 15) is 9.18 Å². The van der Waals surface area contributed by atoms with Crippen LogP contribution in [0.2, 0.25) is 0 Å². The molecule has 0 aliphatic rings. The van der Waals surface area contributed by atoms with Gasteiger partial charge in [0, 0.05) is 4.88 Å². The van der Waals surface area contributed by atoms with Gasteiger partial charge in [0.2, 0.25) is 0 Å². The van der Waals surface area contributed by atoms with Crippen LogP contribution in [0.5, 0.6) is 0 Å². The topological polar surface area (TPSA) is 26.3 Å². The molecule has 0 fully saturated rings. The zero-order chi connectivity index (χ0) is 17.6. The monoisotopic (exact) mass is 352 g/mol. The molecule has 0 N–H and O–H groups in total. The highest BCUT2D eigenvalue weighted by Gasteiger charge is 2.15. The normalized spacial score (nSPS) is 11.4. The number of benzene rings is 2. The molecule has 0 aliphatic heterocycles. The van der Waals surface area contributed by atoms with E-state index in [1.165, 1.54) is 23.5 Å². The van der Waals surface area contributed by atoms with Crippen molar-refractivity contribution < 1.29 is 13.9 Å². The Hall–Kier alpha value is -2.72. The smallest absolute Gasteiger partial charge is 0.339 e. The lowest BCUT2D eigenvalue weighted by molar-refractivity contribution is -0.137. The van der Waals surface area contributed by atoms with Crippen molar-refractivity contribution >= 4 is 29.0 Å². The van der Waals surface area contributed by atoms with Gasteiger partial charge < -0.3 is 4.74 Å². The number of rotatable bonds is 5. The van der Waals surface area contributed by atoms with Gasteiger partial charge in [0.1, 0.15) is 12.4 Å². The SMILES string of the molecule is Cc1ccccc1COC(=O)/C(=C/c1ccc(F)cc1)c1cccs1. The molecule has 4 heteroatoms. The van der Waals surface area contributed by atoms with E-state index in [4.69, 9.17) is 4.74 Å². The first-order valence-electron chi connectivity index (χ1n) is 7.86. The fourth-order valence-electron chi connectivity index (χ4n) is 2.38. The fourth-order valence-corrected chi connectivity index (χ4v) is 3.11. The van der Waals surface area contributed by atoms with Crippen molar-refractivity contribution in [1.29, 1.82) is 0 Å². The minimum Gasteiger partial charge on any atom is -0.457 e. The highest BCUT2D eigenvalue weighted by Crippen LogP contribution is 2.25. The summed E-state index contributed by atoms with van der Waals surface area (Å²) < 4.78 is 18.6. The molecule has 0 aliphatic carbocycles. The first-order valence-corrected chi connectivity index (χ1v) is 8.74. The van der Waals surface area contributed by atoms with E-state index in [0.717, 1.165) is 21.6 Å². The summed E-state index contributed by atoms with van der Waals surface area (Å²) in [5, 5.41) is 1.91. The molecule has 0 saturated heterocycles. The predicted molar refractivity (Wildman–Crippen MR) is 99.6 cm³/mol. The van der Waals surface area contributed by atoms with E-state index >= 15 is 0 Å². The van der Waals surface area contributed by atoms with E-state index in [1.54, 1.807) is 18.2 Å². The highest BCUT2D eigenvalue weighted by molar-refractivity contribution is 7.11. The second-order valence-corrected chi connectivity index (χ2v) is 6.54. The third-order valence-electron chi connectivity index (χ3n) is 3.81. The zero-order valence-corrected chi connectivity index (χ0v) is 14.6. The first kappa shape index (κ1) is 17.1. The van der Waals surface area contributed by atoms with Crippen LogP contribution in [0.25, 0.3) is 11.6 Å². The van der Waals surface area contributed by atoms with Crippen molar-refractivity contribution in [2.75, 3.05) is 0 Å². The highest BCUT2D eigenvalue weighted by atomic mass is 32.1. The standard InChI is InChI=1S/C21H17FO2S/c1-15-5-2-3-6-17(15)14-24-21(23)19(20-7-4-12-25-20)13-16-8-10-18(22)11-9-16/h2-13H,14H2,1H3/b19-13+. The number of halogens is 1. The fraction of sp³-hybridized carbons (Fsp3) is 0.0952. The van der Waals surface area contributed by atoms with Crippen LogP contribution in [0, 0.1) is 12.7 Å². The molecule has 0 amide bonds. The van der Waals surface area contributed by atoms with Crippen molar-refractivity contribution in [3.63, 3.8) is 0 Å². The van der Waals surface area contributed by atoms with Crippen molar-refractivity contribution in [3.8, 4) is 0 Å². The first-order chi connectivity index (χ1) is 12.1. The maximum absolute atomic E-state index is 13.1. The molecular weight excluding hydrogens is 335 g/mol. The van der Waals surface area contributed by atoms with Crippen LogP contribution < -0.4 is 0 Å². The van der Waals surface area contributed by atoms with Gasteiger partial charge in [0.25, 0.3) is 0 Å². The number of carbonyl (C=O) groups excluding carboxylic acids is 1. The lowest BCUT2D eigenvalue weighted by atomic mass is 10.1. The maximum atomic E-state index is 13.1. The molecule has 0 saturated carbocycles. The lowest BCUT2D eigenvalue weighted by Crippen LogP contribution is -2.07. The van der Waals surface area contributed by atoms with E-state index in [1.807, 2.05) is 48.7 Å². The Kier molecular flexibility index (Phi) is 5.41. The Morgan fingerprint density at radius 1 is 1.08 bits per heavy atom. The largest absolute Gasteiger partial charge is 0.457 e. The molecule has 2 nitrogen and oxygen atoms in total. The summed E-state index contributed by atoms with van der Waals surface area (Å²) in [4.78, 5) is 13.5. The van der Waals surface area contributed by atoms with E-state index in [2.05, 4.69) is 0 Å². The van der Waals surface area contributed by atoms with Gasteiger partial charge in [-0.1, -0.05) is 42.5 Å². The summed E-state index contributed by atoms with van der Waals surface area (Å²) >= 11 is 1.46. The lowest BCUT2D eigenvalue weighted by Gasteiger charge is -2.09. The molecule has 126 valence electrons. The summed E-state index contributed by atoms with van der Waals surface area (Å²) in [6.45, 7) is 2.20. The van der Waals surface area contributed by atoms with Gasteiger partial charge in [0.05, 0.1) is 5.57 Å². The molecule has 3 aromatic rings. The second kappa shape index (κ2) is 7.90. The summed E-state index contributed by atoms with van der Waals surface area (Å²) in [6, 6.07) is 17.6. The molecule has 0 radical (unpaired) electrons. The van der Waals surface area contributed by atoms with E-state index < -0.39 is 5.97 Å². The Bertz CT molecular complexity index is 881. The number of carbonyl (C=O) groups is 1. The van der Waals surface area contributed by atoms with Crippen LogP contribution in [-0.4, -0.2) is 5.97 Å². The van der Waals surface area contributed by atoms with E-state index in [0.29, 0.717) is 5.57 Å². The van der Waals surface area contributed by atoms with Gasteiger partial charge >= 0.3 is 5.97 Å². The van der Waals surface area contributed by atoms with Crippen LogP contribution in [-0.2, 0) is 16.1 Å². The molecule has 0 atom stereocenters. The average molecular weight is 352 g/mol. The Labute approximate surface area is 150 Å². The quantitative estimate of drug-likeness (QED) is 0.449. The summed E-state index contributed by atoms with van der Waals surface area (Å²) in [6.07, 6.45) is 1.73. The maximum Gasteiger partial charge on any atom is 0.339 e. The number of hydrogen-bond donors (Lipinski definition) is 0. The number of esters is 1. The minimum atomic E-state index is -0.393. The predicted octanol–water partition coefficient (Wildman–Crippen LogP) is 5.48. The van der Waals surface area contributed by atoms with Gasteiger partial charge in [-0.2, -0.15) is 0 Å². The van der Waals surface area contributed by atoms with Crippen LogP contribution >= 0.6 is 11.3 Å². The van der Waals surface area contributed by atoms with Gasteiger partial charge in [-0.25, -0.2) is 9.18 Å². The van der Waals surface area contributed by atoms with Crippen molar-refractivity contribution in [1.82, 2.24) is 0 Å². The summed E-state index contributed by atoms with van der Waals surface area (Å²) in [7, 11) is 0. The zero-order valence-electron chi connectivity index (χ0n) is 13.7.